The largest absolute Gasteiger partial charge is 0.356 e. The summed E-state index contributed by atoms with van der Waals surface area (Å²) in [6.45, 7) is 6.04. The normalized spacial score (nSPS) is 45.6. The third kappa shape index (κ3) is 2.02. The summed E-state index contributed by atoms with van der Waals surface area (Å²) < 4.78 is 5.54. The molecule has 0 aromatic rings. The van der Waals surface area contributed by atoms with Gasteiger partial charge >= 0.3 is 0 Å². The SMILES string of the molecule is CC(C)O[CH]NC12CC3CC(CC(C3)C1)C2. The Balaban J connectivity index is 1.60. The molecule has 2 nitrogen and oxygen atoms in total. The average molecular weight is 222 g/mol. The molecule has 4 bridgehead atoms. The number of ether oxygens (including phenoxy) is 1. The summed E-state index contributed by atoms with van der Waals surface area (Å²) in [4.78, 5) is 0. The minimum Gasteiger partial charge on any atom is -0.356 e. The summed E-state index contributed by atoms with van der Waals surface area (Å²) in [6, 6.07) is 0. The fourth-order valence-electron chi connectivity index (χ4n) is 4.58. The molecule has 4 rings (SSSR count). The molecule has 0 heterocycles. The van der Waals surface area contributed by atoms with E-state index in [-0.39, 0.29) is 0 Å². The van der Waals surface area contributed by atoms with Gasteiger partial charge in [0.25, 0.3) is 0 Å². The second-order valence-electron chi connectivity index (χ2n) is 6.64. The second-order valence-corrected chi connectivity index (χ2v) is 6.64. The molecule has 1 N–H and O–H groups in total. The van der Waals surface area contributed by atoms with Gasteiger partial charge in [-0.05, 0) is 70.1 Å². The lowest BCUT2D eigenvalue weighted by Gasteiger charge is -2.57. The van der Waals surface area contributed by atoms with E-state index in [4.69, 9.17) is 4.74 Å². The maximum absolute atomic E-state index is 5.54. The fourth-order valence-corrected chi connectivity index (χ4v) is 4.58. The van der Waals surface area contributed by atoms with E-state index in [1.807, 2.05) is 6.73 Å². The zero-order chi connectivity index (χ0) is 11.2. The van der Waals surface area contributed by atoms with Gasteiger partial charge in [0.05, 0.1) is 6.10 Å². The van der Waals surface area contributed by atoms with E-state index in [1.165, 1.54) is 38.5 Å². The Labute approximate surface area is 99.1 Å². The lowest BCUT2D eigenvalue weighted by atomic mass is 9.53. The molecular formula is C14H24NO. The van der Waals surface area contributed by atoms with Crippen LogP contribution in [0.5, 0.6) is 0 Å². The van der Waals surface area contributed by atoms with Crippen LogP contribution in [0.4, 0.5) is 0 Å². The van der Waals surface area contributed by atoms with Gasteiger partial charge in [-0.2, -0.15) is 0 Å². The van der Waals surface area contributed by atoms with Crippen LogP contribution in [0.15, 0.2) is 0 Å². The van der Waals surface area contributed by atoms with Crippen molar-refractivity contribution in [2.75, 3.05) is 0 Å². The molecule has 0 aromatic heterocycles. The first-order valence-corrected chi connectivity index (χ1v) is 6.90. The molecule has 4 aliphatic rings. The van der Waals surface area contributed by atoms with Gasteiger partial charge in [0.1, 0.15) is 6.73 Å². The summed E-state index contributed by atoms with van der Waals surface area (Å²) in [5.41, 5.74) is 0.406. The molecule has 4 saturated carbocycles. The summed E-state index contributed by atoms with van der Waals surface area (Å²) in [5, 5.41) is 3.61. The van der Waals surface area contributed by atoms with Crippen molar-refractivity contribution in [2.24, 2.45) is 17.8 Å². The van der Waals surface area contributed by atoms with Crippen LogP contribution in [0.3, 0.4) is 0 Å². The molecule has 16 heavy (non-hydrogen) atoms. The van der Waals surface area contributed by atoms with E-state index in [9.17, 15) is 0 Å². The maximum Gasteiger partial charge on any atom is 0.148 e. The molecule has 0 aliphatic heterocycles. The van der Waals surface area contributed by atoms with E-state index in [2.05, 4.69) is 19.2 Å². The Morgan fingerprint density at radius 3 is 2.00 bits per heavy atom. The summed E-state index contributed by atoms with van der Waals surface area (Å²) in [6.07, 6.45) is 8.97. The zero-order valence-corrected chi connectivity index (χ0v) is 10.5. The average Bonchev–Trinajstić information content (AvgIpc) is 2.13. The van der Waals surface area contributed by atoms with Crippen LogP contribution < -0.4 is 5.32 Å². The lowest BCUT2D eigenvalue weighted by molar-refractivity contribution is -0.0296. The number of nitrogens with one attached hydrogen (secondary N) is 1. The Morgan fingerprint density at radius 2 is 1.56 bits per heavy atom. The summed E-state index contributed by atoms with van der Waals surface area (Å²) >= 11 is 0. The highest BCUT2D eigenvalue weighted by Crippen LogP contribution is 2.55. The van der Waals surface area contributed by atoms with Crippen molar-refractivity contribution >= 4 is 0 Å². The van der Waals surface area contributed by atoms with Crippen molar-refractivity contribution in [1.29, 1.82) is 0 Å². The second kappa shape index (κ2) is 3.99. The number of hydrogen-bond donors (Lipinski definition) is 1. The van der Waals surface area contributed by atoms with Crippen LogP contribution >= 0.6 is 0 Å². The lowest BCUT2D eigenvalue weighted by Crippen LogP contribution is -2.57. The standard InChI is InChI=1S/C14H24NO/c1-10(2)16-9-15-14-6-11-3-12(7-14)5-13(4-11)8-14/h9-13,15H,3-8H2,1-2H3. The van der Waals surface area contributed by atoms with E-state index in [0.717, 1.165) is 17.8 Å². The van der Waals surface area contributed by atoms with Gasteiger partial charge in [-0.15, -0.1) is 0 Å². The molecule has 1 radical (unpaired) electrons. The maximum atomic E-state index is 5.54. The molecule has 0 saturated heterocycles. The van der Waals surface area contributed by atoms with Crippen molar-refractivity contribution in [3.05, 3.63) is 6.73 Å². The minimum absolute atomic E-state index is 0.293. The zero-order valence-electron chi connectivity index (χ0n) is 10.5. The van der Waals surface area contributed by atoms with E-state index in [1.54, 1.807) is 0 Å². The fraction of sp³-hybridized carbons (Fsp3) is 0.929. The van der Waals surface area contributed by atoms with E-state index >= 15 is 0 Å². The molecule has 2 heteroatoms. The molecule has 4 fully saturated rings. The monoisotopic (exact) mass is 222 g/mol. The van der Waals surface area contributed by atoms with E-state index < -0.39 is 0 Å². The predicted molar refractivity (Wildman–Crippen MR) is 64.6 cm³/mol. The van der Waals surface area contributed by atoms with Gasteiger partial charge in [0.15, 0.2) is 0 Å². The van der Waals surface area contributed by atoms with Gasteiger partial charge in [-0.1, -0.05) is 0 Å². The molecule has 0 unspecified atom stereocenters. The first kappa shape index (κ1) is 11.0. The highest BCUT2D eigenvalue weighted by atomic mass is 16.5. The Kier molecular flexibility index (Phi) is 2.75. The van der Waals surface area contributed by atoms with Gasteiger partial charge in [-0.25, -0.2) is 0 Å². The van der Waals surface area contributed by atoms with Crippen LogP contribution in [0.25, 0.3) is 0 Å². The Hall–Kier alpha value is -0.0800. The van der Waals surface area contributed by atoms with Crippen molar-refractivity contribution in [3.8, 4) is 0 Å². The van der Waals surface area contributed by atoms with Crippen LogP contribution in [0.2, 0.25) is 0 Å². The number of rotatable bonds is 4. The highest BCUT2D eigenvalue weighted by molar-refractivity contribution is 5.06. The molecule has 0 spiro atoms. The van der Waals surface area contributed by atoms with E-state index in [0.29, 0.717) is 11.6 Å². The first-order valence-electron chi connectivity index (χ1n) is 6.90. The Bertz CT molecular complexity index is 226. The van der Waals surface area contributed by atoms with Crippen LogP contribution in [-0.4, -0.2) is 11.6 Å². The van der Waals surface area contributed by atoms with Crippen molar-refractivity contribution in [3.63, 3.8) is 0 Å². The minimum atomic E-state index is 0.293. The van der Waals surface area contributed by atoms with Crippen LogP contribution in [0, 0.1) is 24.5 Å². The Morgan fingerprint density at radius 1 is 1.06 bits per heavy atom. The molecule has 91 valence electrons. The van der Waals surface area contributed by atoms with Crippen molar-refractivity contribution in [1.82, 2.24) is 5.32 Å². The molecule has 4 aliphatic carbocycles. The first-order chi connectivity index (χ1) is 7.65. The third-order valence-electron chi connectivity index (χ3n) is 4.74. The molecule has 0 amide bonds. The third-order valence-corrected chi connectivity index (χ3v) is 4.74. The smallest absolute Gasteiger partial charge is 0.148 e. The number of hydrogen-bond acceptors (Lipinski definition) is 2. The van der Waals surface area contributed by atoms with Gasteiger partial charge < -0.3 is 4.74 Å². The van der Waals surface area contributed by atoms with Gasteiger partial charge in [0.2, 0.25) is 0 Å². The summed E-state index contributed by atoms with van der Waals surface area (Å²) in [5.74, 6) is 3.02. The predicted octanol–water partition coefficient (Wildman–Crippen LogP) is 3.09. The van der Waals surface area contributed by atoms with Gasteiger partial charge in [0, 0.05) is 5.54 Å². The van der Waals surface area contributed by atoms with Crippen LogP contribution in [-0.2, 0) is 4.74 Å². The quantitative estimate of drug-likeness (QED) is 0.789. The van der Waals surface area contributed by atoms with Crippen LogP contribution in [0.1, 0.15) is 52.4 Å². The molecule has 0 aromatic carbocycles. The van der Waals surface area contributed by atoms with Crippen molar-refractivity contribution < 1.29 is 4.74 Å². The molecule has 0 atom stereocenters. The molecular weight excluding hydrogens is 198 g/mol. The van der Waals surface area contributed by atoms with Gasteiger partial charge in [-0.3, -0.25) is 5.32 Å². The van der Waals surface area contributed by atoms with Crippen molar-refractivity contribution in [2.45, 2.75) is 64.0 Å². The highest BCUT2D eigenvalue weighted by Gasteiger charge is 2.50. The summed E-state index contributed by atoms with van der Waals surface area (Å²) in [7, 11) is 0. The topological polar surface area (TPSA) is 21.3 Å².